The Morgan fingerprint density at radius 1 is 1.05 bits per heavy atom. The second-order valence-corrected chi connectivity index (χ2v) is 4.43. The summed E-state index contributed by atoms with van der Waals surface area (Å²) in [4.78, 5) is 0. The van der Waals surface area contributed by atoms with Crippen molar-refractivity contribution in [3.05, 3.63) is 60.3 Å². The molecule has 0 saturated carbocycles. The summed E-state index contributed by atoms with van der Waals surface area (Å²) >= 11 is 0. The lowest BCUT2D eigenvalue weighted by Crippen LogP contribution is -1.94. The standard InChI is InChI=1S/C15H13N3O/c1-11-3-2-4-13(9-11)18-10-15(16-17-18)12-5-7-14(19)8-6-12/h2-10,19H,1H3. The molecule has 0 saturated heterocycles. The molecule has 3 aromatic rings. The zero-order chi connectivity index (χ0) is 13.2. The van der Waals surface area contributed by atoms with E-state index in [0.717, 1.165) is 16.9 Å². The molecule has 0 bridgehead atoms. The highest BCUT2D eigenvalue weighted by Gasteiger charge is 2.05. The molecule has 1 aromatic heterocycles. The number of aryl methyl sites for hydroxylation is 1. The second-order valence-electron chi connectivity index (χ2n) is 4.43. The van der Waals surface area contributed by atoms with Gasteiger partial charge in [-0.25, -0.2) is 4.68 Å². The van der Waals surface area contributed by atoms with Gasteiger partial charge in [0.15, 0.2) is 0 Å². The lowest BCUT2D eigenvalue weighted by atomic mass is 10.1. The molecule has 0 unspecified atom stereocenters. The van der Waals surface area contributed by atoms with Crippen LogP contribution in [-0.2, 0) is 0 Å². The summed E-state index contributed by atoms with van der Waals surface area (Å²) in [6.07, 6.45) is 1.88. The van der Waals surface area contributed by atoms with E-state index in [1.165, 1.54) is 5.56 Å². The smallest absolute Gasteiger partial charge is 0.115 e. The summed E-state index contributed by atoms with van der Waals surface area (Å²) in [6, 6.07) is 15.0. The number of phenolic OH excluding ortho intramolecular Hbond substituents is 1. The van der Waals surface area contributed by atoms with Gasteiger partial charge in [-0.05, 0) is 48.9 Å². The van der Waals surface area contributed by atoms with E-state index in [-0.39, 0.29) is 5.75 Å². The van der Waals surface area contributed by atoms with Crippen LogP contribution in [0.25, 0.3) is 16.9 Å². The molecule has 3 rings (SSSR count). The van der Waals surface area contributed by atoms with Crippen LogP contribution in [0.4, 0.5) is 0 Å². The van der Waals surface area contributed by atoms with Crippen molar-refractivity contribution in [1.29, 1.82) is 0 Å². The third-order valence-electron chi connectivity index (χ3n) is 2.92. The minimum atomic E-state index is 0.245. The first kappa shape index (κ1) is 11.5. The van der Waals surface area contributed by atoms with Crippen LogP contribution in [-0.4, -0.2) is 20.1 Å². The van der Waals surface area contributed by atoms with Crippen molar-refractivity contribution in [2.24, 2.45) is 0 Å². The predicted octanol–water partition coefficient (Wildman–Crippen LogP) is 2.95. The zero-order valence-electron chi connectivity index (χ0n) is 10.5. The molecule has 19 heavy (non-hydrogen) atoms. The SMILES string of the molecule is Cc1cccc(-n2cc(-c3ccc(O)cc3)nn2)c1. The van der Waals surface area contributed by atoms with Gasteiger partial charge >= 0.3 is 0 Å². The van der Waals surface area contributed by atoms with Crippen LogP contribution in [0.5, 0.6) is 5.75 Å². The predicted molar refractivity (Wildman–Crippen MR) is 73.2 cm³/mol. The van der Waals surface area contributed by atoms with Gasteiger partial charge in [0, 0.05) is 5.56 Å². The number of aromatic nitrogens is 3. The topological polar surface area (TPSA) is 50.9 Å². The molecular weight excluding hydrogens is 238 g/mol. The van der Waals surface area contributed by atoms with Gasteiger partial charge in [-0.1, -0.05) is 17.3 Å². The summed E-state index contributed by atoms with van der Waals surface area (Å²) in [6.45, 7) is 2.04. The first-order valence-electron chi connectivity index (χ1n) is 6.01. The number of hydrogen-bond acceptors (Lipinski definition) is 3. The minimum Gasteiger partial charge on any atom is -0.508 e. The van der Waals surface area contributed by atoms with Crippen molar-refractivity contribution in [2.45, 2.75) is 6.92 Å². The summed E-state index contributed by atoms with van der Waals surface area (Å²) in [7, 11) is 0. The van der Waals surface area contributed by atoms with Crippen LogP contribution < -0.4 is 0 Å². The maximum Gasteiger partial charge on any atom is 0.115 e. The fourth-order valence-corrected chi connectivity index (χ4v) is 1.92. The molecule has 1 N–H and O–H groups in total. The second kappa shape index (κ2) is 4.57. The summed E-state index contributed by atoms with van der Waals surface area (Å²) in [5, 5.41) is 17.6. The van der Waals surface area contributed by atoms with Crippen LogP contribution in [0, 0.1) is 6.92 Å². The van der Waals surface area contributed by atoms with Gasteiger partial charge in [0.05, 0.1) is 11.9 Å². The van der Waals surface area contributed by atoms with Gasteiger partial charge in [-0.15, -0.1) is 5.10 Å². The van der Waals surface area contributed by atoms with Crippen molar-refractivity contribution in [3.63, 3.8) is 0 Å². The highest BCUT2D eigenvalue weighted by Crippen LogP contribution is 2.20. The number of phenols is 1. The molecular formula is C15H13N3O. The van der Waals surface area contributed by atoms with Gasteiger partial charge in [0.1, 0.15) is 11.4 Å². The monoisotopic (exact) mass is 251 g/mol. The average molecular weight is 251 g/mol. The van der Waals surface area contributed by atoms with E-state index in [9.17, 15) is 5.11 Å². The van der Waals surface area contributed by atoms with E-state index >= 15 is 0 Å². The lowest BCUT2D eigenvalue weighted by molar-refractivity contribution is 0.475. The Bertz CT molecular complexity index is 701. The van der Waals surface area contributed by atoms with Crippen molar-refractivity contribution < 1.29 is 5.11 Å². The quantitative estimate of drug-likeness (QED) is 0.761. The molecule has 1 heterocycles. The molecule has 0 radical (unpaired) electrons. The summed E-state index contributed by atoms with van der Waals surface area (Å²) < 4.78 is 1.75. The third-order valence-corrected chi connectivity index (χ3v) is 2.92. The maximum absolute atomic E-state index is 9.28. The van der Waals surface area contributed by atoms with Crippen molar-refractivity contribution in [3.8, 4) is 22.7 Å². The Kier molecular flexibility index (Phi) is 2.76. The van der Waals surface area contributed by atoms with E-state index in [0.29, 0.717) is 0 Å². The maximum atomic E-state index is 9.28. The molecule has 0 fully saturated rings. The number of rotatable bonds is 2. The first-order chi connectivity index (χ1) is 9.22. The van der Waals surface area contributed by atoms with E-state index < -0.39 is 0 Å². The summed E-state index contributed by atoms with van der Waals surface area (Å²) in [5.74, 6) is 0.245. The average Bonchev–Trinajstić information content (AvgIpc) is 2.89. The summed E-state index contributed by atoms with van der Waals surface area (Å²) in [5.41, 5.74) is 3.87. The largest absolute Gasteiger partial charge is 0.508 e. The van der Waals surface area contributed by atoms with Crippen molar-refractivity contribution in [2.75, 3.05) is 0 Å². The molecule has 4 nitrogen and oxygen atoms in total. The highest BCUT2D eigenvalue weighted by atomic mass is 16.3. The van der Waals surface area contributed by atoms with Gasteiger partial charge in [-0.3, -0.25) is 0 Å². The fourth-order valence-electron chi connectivity index (χ4n) is 1.92. The molecule has 0 aliphatic rings. The minimum absolute atomic E-state index is 0.245. The van der Waals surface area contributed by atoms with Crippen molar-refractivity contribution in [1.82, 2.24) is 15.0 Å². The Hall–Kier alpha value is -2.62. The Labute approximate surface area is 111 Å². The molecule has 0 aliphatic heterocycles. The zero-order valence-corrected chi connectivity index (χ0v) is 10.5. The fraction of sp³-hybridized carbons (Fsp3) is 0.0667. The normalized spacial score (nSPS) is 10.6. The van der Waals surface area contributed by atoms with E-state index in [2.05, 4.69) is 16.4 Å². The highest BCUT2D eigenvalue weighted by molar-refractivity contribution is 5.59. The van der Waals surface area contributed by atoms with Gasteiger partial charge in [0.25, 0.3) is 0 Å². The Morgan fingerprint density at radius 3 is 2.58 bits per heavy atom. The molecule has 94 valence electrons. The van der Waals surface area contributed by atoms with Crippen molar-refractivity contribution >= 4 is 0 Å². The molecule has 4 heteroatoms. The van der Waals surface area contributed by atoms with E-state index in [1.807, 2.05) is 43.5 Å². The Balaban J connectivity index is 1.97. The van der Waals surface area contributed by atoms with Gasteiger partial charge in [0.2, 0.25) is 0 Å². The van der Waals surface area contributed by atoms with Crippen LogP contribution >= 0.6 is 0 Å². The van der Waals surface area contributed by atoms with Gasteiger partial charge < -0.3 is 5.11 Å². The van der Waals surface area contributed by atoms with Crippen LogP contribution in [0.1, 0.15) is 5.56 Å². The van der Waals surface area contributed by atoms with E-state index in [1.54, 1.807) is 16.8 Å². The number of aromatic hydroxyl groups is 1. The van der Waals surface area contributed by atoms with E-state index in [4.69, 9.17) is 0 Å². The third kappa shape index (κ3) is 2.33. The molecule has 0 amide bonds. The first-order valence-corrected chi connectivity index (χ1v) is 6.01. The lowest BCUT2D eigenvalue weighted by Gasteiger charge is -2.00. The molecule has 0 aliphatic carbocycles. The molecule has 0 atom stereocenters. The number of hydrogen-bond donors (Lipinski definition) is 1. The van der Waals surface area contributed by atoms with Gasteiger partial charge in [-0.2, -0.15) is 0 Å². The Morgan fingerprint density at radius 2 is 1.84 bits per heavy atom. The number of benzene rings is 2. The van der Waals surface area contributed by atoms with Crippen LogP contribution in [0.3, 0.4) is 0 Å². The molecule has 0 spiro atoms. The van der Waals surface area contributed by atoms with Crippen LogP contribution in [0.2, 0.25) is 0 Å². The number of nitrogens with zero attached hydrogens (tertiary/aromatic N) is 3. The van der Waals surface area contributed by atoms with Crippen LogP contribution in [0.15, 0.2) is 54.7 Å². The molecule has 2 aromatic carbocycles.